The minimum atomic E-state index is -0.395. The third kappa shape index (κ3) is 5.81. The molecule has 0 radical (unpaired) electrons. The molecule has 1 atom stereocenters. The van der Waals surface area contributed by atoms with Gasteiger partial charge in [0.25, 0.3) is 0 Å². The molecule has 0 aromatic heterocycles. The van der Waals surface area contributed by atoms with Crippen LogP contribution in [-0.4, -0.2) is 17.9 Å². The lowest BCUT2D eigenvalue weighted by Crippen LogP contribution is -2.24. The van der Waals surface area contributed by atoms with Crippen molar-refractivity contribution in [2.75, 3.05) is 6.67 Å². The van der Waals surface area contributed by atoms with Crippen LogP contribution in [0.1, 0.15) is 59.9 Å². The fourth-order valence-corrected chi connectivity index (χ4v) is 1.79. The van der Waals surface area contributed by atoms with Crippen molar-refractivity contribution >= 4 is 0 Å². The van der Waals surface area contributed by atoms with Gasteiger partial charge >= 0.3 is 0 Å². The zero-order valence-corrected chi connectivity index (χ0v) is 13.7. The Labute approximate surface area is 122 Å². The molecular formula is C17H27FO2. The zero-order chi connectivity index (χ0) is 15.6. The van der Waals surface area contributed by atoms with Crippen molar-refractivity contribution in [2.45, 2.75) is 65.6 Å². The zero-order valence-electron chi connectivity index (χ0n) is 13.7. The first-order valence-corrected chi connectivity index (χ1v) is 7.09. The first-order valence-electron chi connectivity index (χ1n) is 7.09. The molecule has 0 saturated carbocycles. The van der Waals surface area contributed by atoms with E-state index in [1.165, 1.54) is 0 Å². The summed E-state index contributed by atoms with van der Waals surface area (Å²) in [6, 6.07) is 5.65. The van der Waals surface area contributed by atoms with Gasteiger partial charge in [0.15, 0.2) is 0 Å². The Morgan fingerprint density at radius 1 is 0.900 bits per heavy atom. The van der Waals surface area contributed by atoms with Crippen molar-refractivity contribution in [2.24, 2.45) is 0 Å². The smallest absolute Gasteiger partial charge is 0.124 e. The minimum Gasteiger partial charge on any atom is -0.488 e. The fraction of sp³-hybridized carbons (Fsp3) is 0.647. The Kier molecular flexibility index (Phi) is 5.06. The molecule has 2 nitrogen and oxygen atoms in total. The molecule has 3 heteroatoms. The number of hydrogen-bond acceptors (Lipinski definition) is 2. The third-order valence-electron chi connectivity index (χ3n) is 2.55. The van der Waals surface area contributed by atoms with E-state index in [0.29, 0.717) is 0 Å². The second-order valence-electron chi connectivity index (χ2n) is 7.22. The van der Waals surface area contributed by atoms with Crippen molar-refractivity contribution in [3.63, 3.8) is 0 Å². The van der Waals surface area contributed by atoms with E-state index in [1.807, 2.05) is 66.7 Å². The van der Waals surface area contributed by atoms with E-state index in [2.05, 4.69) is 0 Å². The average molecular weight is 282 g/mol. The largest absolute Gasteiger partial charge is 0.488 e. The molecule has 0 N–H and O–H groups in total. The predicted octanol–water partition coefficient (Wildman–Crippen LogP) is 5.11. The van der Waals surface area contributed by atoms with Crippen molar-refractivity contribution in [1.29, 1.82) is 0 Å². The van der Waals surface area contributed by atoms with Crippen molar-refractivity contribution < 1.29 is 13.9 Å². The lowest BCUT2D eigenvalue weighted by atomic mass is 10.0. The molecular weight excluding hydrogens is 255 g/mol. The Bertz CT molecular complexity index is 407. The van der Waals surface area contributed by atoms with Crippen LogP contribution in [0.2, 0.25) is 0 Å². The standard InChI is InChI=1S/C17H27FO2/c1-12(11-18)13-8-14(19-16(2,3)4)10-15(9-13)20-17(5,6)7/h8-10,12H,11H2,1-7H3. The maximum atomic E-state index is 12.9. The molecule has 0 heterocycles. The number of rotatable bonds is 4. The summed E-state index contributed by atoms with van der Waals surface area (Å²) in [4.78, 5) is 0. The van der Waals surface area contributed by atoms with Crippen LogP contribution < -0.4 is 9.47 Å². The van der Waals surface area contributed by atoms with Crippen LogP contribution in [0.3, 0.4) is 0 Å². The highest BCUT2D eigenvalue weighted by Gasteiger charge is 2.18. The predicted molar refractivity (Wildman–Crippen MR) is 81.6 cm³/mol. The van der Waals surface area contributed by atoms with Gasteiger partial charge in [-0.2, -0.15) is 0 Å². The molecule has 0 spiro atoms. The summed E-state index contributed by atoms with van der Waals surface area (Å²) in [5.74, 6) is 1.27. The first kappa shape index (κ1) is 16.8. The number of ether oxygens (including phenoxy) is 2. The van der Waals surface area contributed by atoms with E-state index in [1.54, 1.807) is 0 Å². The Morgan fingerprint density at radius 2 is 1.30 bits per heavy atom. The molecule has 1 rings (SSSR count). The Hall–Kier alpha value is -1.25. The molecule has 0 aliphatic carbocycles. The van der Waals surface area contributed by atoms with E-state index in [4.69, 9.17) is 9.47 Å². The summed E-state index contributed by atoms with van der Waals surface area (Å²) in [6.07, 6.45) is 0. The second-order valence-corrected chi connectivity index (χ2v) is 7.22. The van der Waals surface area contributed by atoms with Crippen LogP contribution in [0.5, 0.6) is 11.5 Å². The molecule has 0 aliphatic rings. The lowest BCUT2D eigenvalue weighted by molar-refractivity contribution is 0.121. The van der Waals surface area contributed by atoms with Gasteiger partial charge in [-0.05, 0) is 59.2 Å². The van der Waals surface area contributed by atoms with Crippen LogP contribution >= 0.6 is 0 Å². The van der Waals surface area contributed by atoms with E-state index < -0.39 is 6.67 Å². The molecule has 1 aromatic carbocycles. The van der Waals surface area contributed by atoms with Gasteiger partial charge in [0.2, 0.25) is 0 Å². The van der Waals surface area contributed by atoms with Gasteiger partial charge in [0.05, 0.1) is 6.67 Å². The molecule has 1 unspecified atom stereocenters. The molecule has 0 amide bonds. The van der Waals surface area contributed by atoms with Gasteiger partial charge in [0.1, 0.15) is 22.7 Å². The molecule has 0 aliphatic heterocycles. The van der Waals surface area contributed by atoms with Gasteiger partial charge in [-0.25, -0.2) is 0 Å². The lowest BCUT2D eigenvalue weighted by Gasteiger charge is -2.25. The summed E-state index contributed by atoms with van der Waals surface area (Å²) >= 11 is 0. The summed E-state index contributed by atoms with van der Waals surface area (Å²) in [7, 11) is 0. The van der Waals surface area contributed by atoms with Crippen LogP contribution in [0.4, 0.5) is 4.39 Å². The van der Waals surface area contributed by atoms with Crippen molar-refractivity contribution in [3.05, 3.63) is 23.8 Å². The van der Waals surface area contributed by atoms with E-state index in [9.17, 15) is 4.39 Å². The van der Waals surface area contributed by atoms with Crippen LogP contribution in [-0.2, 0) is 0 Å². The van der Waals surface area contributed by atoms with Gasteiger partial charge in [-0.15, -0.1) is 0 Å². The molecule has 0 fully saturated rings. The summed E-state index contributed by atoms with van der Waals surface area (Å²) in [5, 5.41) is 0. The van der Waals surface area contributed by atoms with Crippen LogP contribution in [0.25, 0.3) is 0 Å². The van der Waals surface area contributed by atoms with Crippen LogP contribution in [0.15, 0.2) is 18.2 Å². The summed E-state index contributed by atoms with van der Waals surface area (Å²) < 4.78 is 24.7. The molecule has 1 aromatic rings. The van der Waals surface area contributed by atoms with Gasteiger partial charge in [0, 0.05) is 12.0 Å². The van der Waals surface area contributed by atoms with Gasteiger partial charge in [-0.3, -0.25) is 4.39 Å². The highest BCUT2D eigenvalue weighted by molar-refractivity contribution is 5.40. The number of halogens is 1. The van der Waals surface area contributed by atoms with Crippen molar-refractivity contribution in [3.8, 4) is 11.5 Å². The highest BCUT2D eigenvalue weighted by Crippen LogP contribution is 2.31. The normalized spacial score (nSPS) is 14.0. The van der Waals surface area contributed by atoms with Crippen molar-refractivity contribution in [1.82, 2.24) is 0 Å². The van der Waals surface area contributed by atoms with E-state index in [-0.39, 0.29) is 17.1 Å². The Balaban J connectivity index is 3.14. The first-order chi connectivity index (χ1) is 9.00. The molecule has 0 bridgehead atoms. The SMILES string of the molecule is CC(CF)c1cc(OC(C)(C)C)cc(OC(C)(C)C)c1. The second kappa shape index (κ2) is 6.02. The molecule has 20 heavy (non-hydrogen) atoms. The Morgan fingerprint density at radius 3 is 1.60 bits per heavy atom. The number of hydrogen-bond donors (Lipinski definition) is 0. The highest BCUT2D eigenvalue weighted by atomic mass is 19.1. The number of benzene rings is 1. The molecule has 114 valence electrons. The monoisotopic (exact) mass is 282 g/mol. The summed E-state index contributed by atoms with van der Waals surface area (Å²) in [6.45, 7) is 13.4. The maximum Gasteiger partial charge on any atom is 0.124 e. The molecule has 0 saturated heterocycles. The van der Waals surface area contributed by atoms with Crippen LogP contribution in [0, 0.1) is 0 Å². The van der Waals surface area contributed by atoms with E-state index in [0.717, 1.165) is 17.1 Å². The fourth-order valence-electron chi connectivity index (χ4n) is 1.79. The van der Waals surface area contributed by atoms with Gasteiger partial charge < -0.3 is 9.47 Å². The third-order valence-corrected chi connectivity index (χ3v) is 2.55. The quantitative estimate of drug-likeness (QED) is 0.763. The maximum absolute atomic E-state index is 12.9. The topological polar surface area (TPSA) is 18.5 Å². The minimum absolute atomic E-state index is 0.166. The average Bonchev–Trinajstić information content (AvgIpc) is 2.22. The van der Waals surface area contributed by atoms with Gasteiger partial charge in [-0.1, -0.05) is 6.92 Å². The number of alkyl halides is 1. The van der Waals surface area contributed by atoms with E-state index >= 15 is 0 Å². The summed E-state index contributed by atoms with van der Waals surface area (Å²) in [5.41, 5.74) is 0.307.